The van der Waals surface area contributed by atoms with Crippen LogP contribution in [0.25, 0.3) is 0 Å². The first-order valence-electron chi connectivity index (χ1n) is 15.5. The number of amides is 2. The molecular formula is C34H38ClN5O5Si. The molecule has 4 atom stereocenters. The van der Waals surface area contributed by atoms with Crippen molar-refractivity contribution in [1.29, 1.82) is 0 Å². The van der Waals surface area contributed by atoms with E-state index in [4.69, 9.17) is 16.3 Å². The number of aryl methyl sites for hydroxylation is 1. The van der Waals surface area contributed by atoms with Crippen molar-refractivity contribution >= 4 is 49.3 Å². The third kappa shape index (κ3) is 5.78. The number of halogens is 1. The normalized spacial score (nSPS) is 22.4. The van der Waals surface area contributed by atoms with Crippen molar-refractivity contribution in [1.82, 2.24) is 15.0 Å². The Hall–Kier alpha value is -3.87. The van der Waals surface area contributed by atoms with Gasteiger partial charge in [-0.05, 0) is 67.5 Å². The Balaban J connectivity index is 1.30. The van der Waals surface area contributed by atoms with Gasteiger partial charge in [-0.3, -0.25) is 19.2 Å². The van der Waals surface area contributed by atoms with E-state index in [1.54, 1.807) is 26.7 Å². The fourth-order valence-electron chi connectivity index (χ4n) is 7.22. The second-order valence-electron chi connectivity index (χ2n) is 12.6. The number of carbonyl (C=O) groups excluding carboxylic acids is 2. The van der Waals surface area contributed by atoms with Gasteiger partial charge in [-0.1, -0.05) is 54.1 Å². The first-order valence-corrected chi connectivity index (χ1v) is 18.9. The Labute approximate surface area is 274 Å². The third-order valence-electron chi connectivity index (χ3n) is 9.24. The number of aromatic nitrogens is 3. The van der Waals surface area contributed by atoms with E-state index in [9.17, 15) is 19.5 Å². The number of carbonyl (C=O) groups is 2. The van der Waals surface area contributed by atoms with Gasteiger partial charge in [0.15, 0.2) is 13.9 Å². The topological polar surface area (TPSA) is 121 Å². The Morgan fingerprint density at radius 2 is 1.80 bits per heavy atom. The Bertz CT molecular complexity index is 1710. The number of aliphatic hydroxyl groups is 1. The number of benzene rings is 3. The summed E-state index contributed by atoms with van der Waals surface area (Å²) in [6, 6.07) is 22.4. The molecule has 2 aliphatic heterocycles. The number of nitrogens with zero attached hydrogens (tertiary/aromatic N) is 5. The van der Waals surface area contributed by atoms with Gasteiger partial charge in [0.2, 0.25) is 6.41 Å². The molecule has 12 heteroatoms. The zero-order valence-electron chi connectivity index (χ0n) is 26.1. The summed E-state index contributed by atoms with van der Waals surface area (Å²) in [4.78, 5) is 41.5. The highest BCUT2D eigenvalue weighted by Gasteiger charge is 2.66. The lowest BCUT2D eigenvalue weighted by molar-refractivity contribution is -0.146. The molecule has 0 unspecified atom stereocenters. The van der Waals surface area contributed by atoms with Crippen molar-refractivity contribution in [3.63, 3.8) is 0 Å². The summed E-state index contributed by atoms with van der Waals surface area (Å²) in [5, 5.41) is 18.1. The van der Waals surface area contributed by atoms with Gasteiger partial charge >= 0.3 is 0 Å². The van der Waals surface area contributed by atoms with Crippen molar-refractivity contribution in [2.45, 2.75) is 63.2 Å². The number of ether oxygens (including phenoxy) is 1. The summed E-state index contributed by atoms with van der Waals surface area (Å²) in [6.07, 6.45) is 3.13. The van der Waals surface area contributed by atoms with Crippen LogP contribution in [0.2, 0.25) is 23.7 Å². The lowest BCUT2D eigenvalue weighted by Gasteiger charge is -2.32. The largest absolute Gasteiger partial charge is 0.432 e. The minimum Gasteiger partial charge on any atom is -0.432 e. The molecule has 1 fully saturated rings. The average molecular weight is 660 g/mol. The summed E-state index contributed by atoms with van der Waals surface area (Å²) in [6.45, 7) is 6.57. The lowest BCUT2D eigenvalue weighted by Crippen LogP contribution is -2.46. The molecule has 1 spiro atoms. The van der Waals surface area contributed by atoms with Crippen LogP contribution in [0.15, 0.2) is 79.0 Å². The molecule has 0 saturated carbocycles. The van der Waals surface area contributed by atoms with Crippen LogP contribution in [0.4, 0.5) is 17.1 Å². The molecule has 0 radical (unpaired) electrons. The highest BCUT2D eigenvalue weighted by molar-refractivity contribution is 6.71. The van der Waals surface area contributed by atoms with E-state index in [0.717, 1.165) is 23.3 Å². The van der Waals surface area contributed by atoms with E-state index in [1.165, 1.54) is 0 Å². The fourth-order valence-corrected chi connectivity index (χ4v) is 9.99. The van der Waals surface area contributed by atoms with E-state index in [0.29, 0.717) is 47.9 Å². The lowest BCUT2D eigenvalue weighted by atomic mass is 9.82. The van der Waals surface area contributed by atoms with Crippen LogP contribution in [-0.4, -0.2) is 58.2 Å². The molecule has 0 aliphatic carbocycles. The quantitative estimate of drug-likeness (QED) is 0.168. The minimum atomic E-state index is -2.84. The second kappa shape index (κ2) is 12.7. The molecule has 240 valence electrons. The third-order valence-corrected chi connectivity index (χ3v) is 12.0. The molecule has 46 heavy (non-hydrogen) atoms. The van der Waals surface area contributed by atoms with Crippen molar-refractivity contribution in [2.24, 2.45) is 5.92 Å². The number of aliphatic hydroxyl groups excluding tert-OH is 1. The molecule has 2 N–H and O–H groups in total. The Morgan fingerprint density at radius 1 is 1.09 bits per heavy atom. The van der Waals surface area contributed by atoms with E-state index in [-0.39, 0.29) is 24.0 Å². The maximum absolute atomic E-state index is 14.7. The molecule has 3 heterocycles. The van der Waals surface area contributed by atoms with E-state index in [1.807, 2.05) is 86.7 Å². The standard InChI is InChI=1S/C34H38ClN5O5Si/c1-23-32(46(2,3)44)31(15-17-38-21-26(16-18-41)36-37-38)45-34(23)29-19-25(35)11-14-30(29)39(33(34)43)20-24-9-12-28(13-10-24)40(22-42)27-7-5-4-6-8-27/h4-14,19,21-23,31-32,41,44H,15-18,20H2,1-3H3/t23-,31+,32-,34+/m0/s1. The summed E-state index contributed by atoms with van der Waals surface area (Å²) < 4.78 is 8.61. The van der Waals surface area contributed by atoms with Crippen LogP contribution in [0, 0.1) is 5.92 Å². The van der Waals surface area contributed by atoms with Crippen molar-refractivity contribution in [3.05, 3.63) is 101 Å². The van der Waals surface area contributed by atoms with Crippen LogP contribution in [0.1, 0.15) is 30.2 Å². The summed E-state index contributed by atoms with van der Waals surface area (Å²) in [7, 11) is -2.84. The molecule has 0 bridgehead atoms. The molecule has 1 aromatic heterocycles. The molecule has 4 aromatic rings. The predicted octanol–water partition coefficient (Wildman–Crippen LogP) is 5.20. The fraction of sp³-hybridized carbons (Fsp3) is 0.353. The Kier molecular flexibility index (Phi) is 8.88. The van der Waals surface area contributed by atoms with Crippen molar-refractivity contribution in [3.8, 4) is 0 Å². The maximum Gasteiger partial charge on any atom is 0.264 e. The molecular weight excluding hydrogens is 622 g/mol. The van der Waals surface area contributed by atoms with E-state index in [2.05, 4.69) is 10.3 Å². The highest BCUT2D eigenvalue weighted by Crippen LogP contribution is 2.60. The Morgan fingerprint density at radius 3 is 2.48 bits per heavy atom. The van der Waals surface area contributed by atoms with Gasteiger partial charge in [0.25, 0.3) is 5.91 Å². The molecule has 1 saturated heterocycles. The number of anilines is 3. The number of fused-ring (bicyclic) bond motifs is 2. The van der Waals surface area contributed by atoms with Gasteiger partial charge in [-0.2, -0.15) is 0 Å². The zero-order valence-corrected chi connectivity index (χ0v) is 27.8. The molecule has 6 rings (SSSR count). The van der Waals surface area contributed by atoms with Gasteiger partial charge in [-0.25, -0.2) is 0 Å². The zero-order chi connectivity index (χ0) is 32.6. The number of hydrogen-bond acceptors (Lipinski definition) is 7. The predicted molar refractivity (Wildman–Crippen MR) is 178 cm³/mol. The average Bonchev–Trinajstić information content (AvgIpc) is 3.68. The van der Waals surface area contributed by atoms with Gasteiger partial charge in [0.1, 0.15) is 0 Å². The van der Waals surface area contributed by atoms with Gasteiger partial charge in [-0.15, -0.1) is 5.10 Å². The second-order valence-corrected chi connectivity index (χ2v) is 17.0. The molecule has 3 aromatic carbocycles. The van der Waals surface area contributed by atoms with Crippen molar-refractivity contribution < 1.29 is 24.2 Å². The van der Waals surface area contributed by atoms with E-state index >= 15 is 0 Å². The van der Waals surface area contributed by atoms with Crippen LogP contribution >= 0.6 is 11.6 Å². The highest BCUT2D eigenvalue weighted by atomic mass is 35.5. The van der Waals surface area contributed by atoms with Gasteiger partial charge < -0.3 is 19.5 Å². The summed E-state index contributed by atoms with van der Waals surface area (Å²) >= 11 is 6.54. The number of hydrogen-bond donors (Lipinski definition) is 2. The smallest absolute Gasteiger partial charge is 0.264 e. The molecule has 10 nitrogen and oxygen atoms in total. The number of para-hydroxylation sites is 1. The summed E-state index contributed by atoms with van der Waals surface area (Å²) in [5.41, 5.74) is 2.94. The first kappa shape index (κ1) is 32.1. The molecule has 2 aliphatic rings. The van der Waals surface area contributed by atoms with Crippen LogP contribution in [0.5, 0.6) is 0 Å². The minimum absolute atomic E-state index is 0.00750. The SMILES string of the molecule is C[C@H]1[C@H]([Si](C)(C)O)[C@@H](CCn2cc(CCO)nn2)O[C@]12C(=O)N(Cc1ccc(N(C=O)c3ccccc3)cc1)c1ccc(Cl)cc12. The molecule has 2 amide bonds. The van der Waals surface area contributed by atoms with Gasteiger partial charge in [0, 0.05) is 59.2 Å². The first-order chi connectivity index (χ1) is 22.1. The van der Waals surface area contributed by atoms with Crippen LogP contribution < -0.4 is 9.80 Å². The summed E-state index contributed by atoms with van der Waals surface area (Å²) in [5.74, 6) is -0.508. The number of rotatable bonds is 11. The maximum atomic E-state index is 14.7. The van der Waals surface area contributed by atoms with E-state index < -0.39 is 20.0 Å². The van der Waals surface area contributed by atoms with Gasteiger partial charge in [0.05, 0.1) is 24.0 Å². The monoisotopic (exact) mass is 659 g/mol. The van der Waals surface area contributed by atoms with Crippen LogP contribution in [-0.2, 0) is 39.4 Å². The van der Waals surface area contributed by atoms with Crippen LogP contribution in [0.3, 0.4) is 0 Å². The van der Waals surface area contributed by atoms with Crippen molar-refractivity contribution in [2.75, 3.05) is 16.4 Å².